The summed E-state index contributed by atoms with van der Waals surface area (Å²) in [5.74, 6) is 0.209. The fourth-order valence-electron chi connectivity index (χ4n) is 3.58. The van der Waals surface area contributed by atoms with Gasteiger partial charge in [-0.2, -0.15) is 13.2 Å². The maximum absolute atomic E-state index is 12.8. The number of piperidine rings is 1. The Morgan fingerprint density at radius 2 is 1.95 bits per heavy atom. The number of alkyl halides is 3. The molecule has 2 heterocycles. The minimum atomic E-state index is -4.39. The minimum Gasteiger partial charge on any atom is -0.491 e. The van der Waals surface area contributed by atoms with Gasteiger partial charge in [0, 0.05) is 6.20 Å². The molecule has 1 aromatic rings. The third-order valence-corrected chi connectivity index (χ3v) is 4.67. The maximum atomic E-state index is 12.8. The number of hydrogen-bond acceptors (Lipinski definition) is 3. The molecule has 1 saturated heterocycles. The van der Waals surface area contributed by atoms with Crippen LogP contribution < -0.4 is 10.1 Å². The van der Waals surface area contributed by atoms with Crippen LogP contribution in [-0.2, 0) is 6.18 Å². The minimum absolute atomic E-state index is 0. The van der Waals surface area contributed by atoms with Gasteiger partial charge in [-0.3, -0.25) is 4.98 Å². The zero-order valence-electron chi connectivity index (χ0n) is 12.2. The largest absolute Gasteiger partial charge is 0.491 e. The maximum Gasteiger partial charge on any atom is 0.420 e. The molecule has 1 aliphatic carbocycles. The summed E-state index contributed by atoms with van der Waals surface area (Å²) in [6, 6.07) is 0.963. The van der Waals surface area contributed by atoms with Gasteiger partial charge in [-0.25, -0.2) is 0 Å². The molecular formula is C15H20ClF3N2O. The Balaban J connectivity index is 0.00000176. The highest BCUT2D eigenvalue weighted by atomic mass is 35.5. The van der Waals surface area contributed by atoms with Crippen LogP contribution in [0.5, 0.6) is 5.75 Å². The first-order valence-corrected chi connectivity index (χ1v) is 7.33. The molecule has 1 saturated carbocycles. The molecule has 0 atom stereocenters. The van der Waals surface area contributed by atoms with E-state index in [2.05, 4.69) is 10.3 Å². The van der Waals surface area contributed by atoms with E-state index >= 15 is 0 Å². The second-order valence-corrected chi connectivity index (χ2v) is 6.20. The zero-order chi connectivity index (χ0) is 14.9. The molecule has 3 rings (SSSR count). The van der Waals surface area contributed by atoms with Crippen LogP contribution in [0.15, 0.2) is 18.5 Å². The summed E-state index contributed by atoms with van der Waals surface area (Å²) in [4.78, 5) is 3.73. The molecule has 0 aromatic carbocycles. The third kappa shape index (κ3) is 3.66. The monoisotopic (exact) mass is 336 g/mol. The Labute approximate surface area is 134 Å². The molecule has 124 valence electrons. The second kappa shape index (κ2) is 6.62. The Morgan fingerprint density at radius 3 is 2.59 bits per heavy atom. The van der Waals surface area contributed by atoms with E-state index in [-0.39, 0.29) is 18.2 Å². The van der Waals surface area contributed by atoms with Gasteiger partial charge in [0.2, 0.25) is 0 Å². The van der Waals surface area contributed by atoms with E-state index in [9.17, 15) is 13.2 Å². The lowest BCUT2D eigenvalue weighted by Crippen LogP contribution is -2.46. The molecule has 1 spiro atoms. The van der Waals surface area contributed by atoms with Crippen LogP contribution in [0.1, 0.15) is 31.2 Å². The third-order valence-electron chi connectivity index (χ3n) is 4.67. The SMILES string of the molecule is Cl.FC(F)(F)c1ccncc1OCC1CC2(CCNCC2)C1. The molecule has 0 radical (unpaired) electrons. The average molecular weight is 337 g/mol. The molecule has 7 heteroatoms. The van der Waals surface area contributed by atoms with Crippen molar-refractivity contribution in [1.82, 2.24) is 10.3 Å². The first kappa shape index (κ1) is 17.3. The Morgan fingerprint density at radius 1 is 1.27 bits per heavy atom. The summed E-state index contributed by atoms with van der Waals surface area (Å²) in [6.45, 7) is 2.45. The first-order chi connectivity index (χ1) is 9.99. The standard InChI is InChI=1S/C15H19F3N2O.ClH/c16-15(17,18)12-1-4-20-9-13(12)21-10-11-7-14(8-11)2-5-19-6-3-14;/h1,4,9,11,19H,2-3,5-8,10H2;1H. The smallest absolute Gasteiger partial charge is 0.420 e. The van der Waals surface area contributed by atoms with Gasteiger partial charge in [0.15, 0.2) is 0 Å². The van der Waals surface area contributed by atoms with E-state index in [1.54, 1.807) is 0 Å². The Bertz CT molecular complexity index is 496. The van der Waals surface area contributed by atoms with Crippen molar-refractivity contribution in [2.24, 2.45) is 11.3 Å². The van der Waals surface area contributed by atoms with Gasteiger partial charge in [0.05, 0.1) is 12.8 Å². The van der Waals surface area contributed by atoms with Crippen LogP contribution >= 0.6 is 12.4 Å². The fourth-order valence-corrected chi connectivity index (χ4v) is 3.58. The van der Waals surface area contributed by atoms with Crippen molar-refractivity contribution in [3.8, 4) is 5.75 Å². The number of ether oxygens (including phenoxy) is 1. The average Bonchev–Trinajstić information content (AvgIpc) is 2.43. The molecule has 0 bridgehead atoms. The van der Waals surface area contributed by atoms with Crippen LogP contribution in [0.4, 0.5) is 13.2 Å². The quantitative estimate of drug-likeness (QED) is 0.914. The molecular weight excluding hydrogens is 317 g/mol. The van der Waals surface area contributed by atoms with E-state index in [1.165, 1.54) is 12.8 Å². The highest BCUT2D eigenvalue weighted by Gasteiger charge is 2.44. The normalized spacial score (nSPS) is 21.0. The lowest BCUT2D eigenvalue weighted by molar-refractivity contribution is -0.139. The number of halogens is 4. The topological polar surface area (TPSA) is 34.1 Å². The van der Waals surface area contributed by atoms with Crippen LogP contribution in [0.25, 0.3) is 0 Å². The van der Waals surface area contributed by atoms with Gasteiger partial charge in [0.1, 0.15) is 11.3 Å². The lowest BCUT2D eigenvalue weighted by Gasteiger charge is -2.50. The lowest BCUT2D eigenvalue weighted by atomic mass is 9.58. The predicted molar refractivity (Wildman–Crippen MR) is 79.2 cm³/mol. The summed E-state index contributed by atoms with van der Waals surface area (Å²) < 4.78 is 43.9. The van der Waals surface area contributed by atoms with Gasteiger partial charge in [-0.1, -0.05) is 0 Å². The van der Waals surface area contributed by atoms with E-state index in [1.807, 2.05) is 0 Å². The van der Waals surface area contributed by atoms with Gasteiger partial charge >= 0.3 is 6.18 Å². The van der Waals surface area contributed by atoms with Crippen LogP contribution in [-0.4, -0.2) is 24.7 Å². The van der Waals surface area contributed by atoms with Crippen molar-refractivity contribution in [3.63, 3.8) is 0 Å². The van der Waals surface area contributed by atoms with Crippen LogP contribution in [0, 0.1) is 11.3 Å². The Kier molecular flexibility index (Phi) is 5.22. The first-order valence-electron chi connectivity index (χ1n) is 7.33. The predicted octanol–water partition coefficient (Wildman–Crippen LogP) is 3.68. The molecule has 0 unspecified atom stereocenters. The molecule has 22 heavy (non-hydrogen) atoms. The Hall–Kier alpha value is -1.01. The molecule has 2 aliphatic rings. The highest BCUT2D eigenvalue weighted by Crippen LogP contribution is 2.51. The van der Waals surface area contributed by atoms with Crippen molar-refractivity contribution in [1.29, 1.82) is 0 Å². The van der Waals surface area contributed by atoms with Crippen molar-refractivity contribution >= 4 is 12.4 Å². The highest BCUT2D eigenvalue weighted by molar-refractivity contribution is 5.85. The number of aromatic nitrogens is 1. The van der Waals surface area contributed by atoms with E-state index in [0.29, 0.717) is 17.9 Å². The number of rotatable bonds is 3. The van der Waals surface area contributed by atoms with Gasteiger partial charge in [-0.05, 0) is 56.2 Å². The molecule has 0 amide bonds. The number of pyridine rings is 1. The van der Waals surface area contributed by atoms with E-state index in [0.717, 1.165) is 44.4 Å². The summed E-state index contributed by atoms with van der Waals surface area (Å²) in [6.07, 6.45) is 2.37. The van der Waals surface area contributed by atoms with Gasteiger partial charge in [0.25, 0.3) is 0 Å². The van der Waals surface area contributed by atoms with Crippen molar-refractivity contribution in [2.45, 2.75) is 31.9 Å². The van der Waals surface area contributed by atoms with Crippen LogP contribution in [0.3, 0.4) is 0 Å². The molecule has 2 fully saturated rings. The van der Waals surface area contributed by atoms with Crippen molar-refractivity contribution in [3.05, 3.63) is 24.0 Å². The number of nitrogens with zero attached hydrogens (tertiary/aromatic N) is 1. The number of hydrogen-bond donors (Lipinski definition) is 1. The zero-order valence-corrected chi connectivity index (χ0v) is 13.0. The summed E-state index contributed by atoms with van der Waals surface area (Å²) in [5, 5.41) is 3.34. The van der Waals surface area contributed by atoms with E-state index in [4.69, 9.17) is 4.74 Å². The fraction of sp³-hybridized carbons (Fsp3) is 0.667. The molecule has 1 aliphatic heterocycles. The van der Waals surface area contributed by atoms with Crippen LogP contribution in [0.2, 0.25) is 0 Å². The van der Waals surface area contributed by atoms with Gasteiger partial charge in [-0.15, -0.1) is 12.4 Å². The summed E-state index contributed by atoms with van der Waals surface area (Å²) in [7, 11) is 0. The summed E-state index contributed by atoms with van der Waals surface area (Å²) in [5.41, 5.74) is -0.324. The molecule has 1 aromatic heterocycles. The second-order valence-electron chi connectivity index (χ2n) is 6.20. The molecule has 3 nitrogen and oxygen atoms in total. The van der Waals surface area contributed by atoms with Gasteiger partial charge < -0.3 is 10.1 Å². The van der Waals surface area contributed by atoms with Crippen molar-refractivity contribution < 1.29 is 17.9 Å². The van der Waals surface area contributed by atoms with Crippen molar-refractivity contribution in [2.75, 3.05) is 19.7 Å². The molecule has 1 N–H and O–H groups in total. The van der Waals surface area contributed by atoms with E-state index < -0.39 is 11.7 Å². The number of nitrogens with one attached hydrogen (secondary N) is 1. The summed E-state index contributed by atoms with van der Waals surface area (Å²) >= 11 is 0.